The Hall–Kier alpha value is -1.18. The molecule has 1 fully saturated rings. The third-order valence-electron chi connectivity index (χ3n) is 3.12. The Balaban J connectivity index is 2.56. The zero-order chi connectivity index (χ0) is 10.3. The fourth-order valence-corrected chi connectivity index (χ4v) is 2.14. The van der Waals surface area contributed by atoms with Crippen LogP contribution in [0.3, 0.4) is 0 Å². The van der Waals surface area contributed by atoms with E-state index in [0.29, 0.717) is 5.56 Å². The summed E-state index contributed by atoms with van der Waals surface area (Å²) in [4.78, 5) is 11.5. The highest BCUT2D eigenvalue weighted by atomic mass is 19.1. The van der Waals surface area contributed by atoms with E-state index in [0.717, 1.165) is 18.4 Å². The fraction of sp³-hybridized carbons (Fsp3) is 0.417. The van der Waals surface area contributed by atoms with Gasteiger partial charge in [-0.2, -0.15) is 0 Å². The number of carbonyl (C=O) groups excluding carboxylic acids is 1. The first kappa shape index (κ1) is 9.38. The molecular formula is C12H13FO. The second-order valence-electron chi connectivity index (χ2n) is 4.07. The second kappa shape index (κ2) is 2.91. The van der Waals surface area contributed by atoms with Crippen molar-refractivity contribution in [1.82, 2.24) is 0 Å². The van der Waals surface area contributed by atoms with Gasteiger partial charge in [0.25, 0.3) is 0 Å². The summed E-state index contributed by atoms with van der Waals surface area (Å²) in [5, 5.41) is 0. The van der Waals surface area contributed by atoms with Crippen molar-refractivity contribution in [2.24, 2.45) is 0 Å². The van der Waals surface area contributed by atoms with Gasteiger partial charge in [0.2, 0.25) is 0 Å². The van der Waals surface area contributed by atoms with Crippen LogP contribution in [0.25, 0.3) is 0 Å². The van der Waals surface area contributed by atoms with Gasteiger partial charge in [0.1, 0.15) is 11.6 Å². The summed E-state index contributed by atoms with van der Waals surface area (Å²) in [6.07, 6.45) is 1.59. The summed E-state index contributed by atoms with van der Waals surface area (Å²) in [5.41, 5.74) is 1.01. The Labute approximate surface area is 82.9 Å². The Bertz CT molecular complexity index is 371. The van der Waals surface area contributed by atoms with Crippen LogP contribution >= 0.6 is 0 Å². The first-order chi connectivity index (χ1) is 6.58. The Morgan fingerprint density at radius 3 is 2.50 bits per heavy atom. The van der Waals surface area contributed by atoms with Crippen LogP contribution in [0.5, 0.6) is 0 Å². The van der Waals surface area contributed by atoms with Crippen LogP contribution in [0.2, 0.25) is 0 Å². The molecule has 74 valence electrons. The minimum absolute atomic E-state index is 0.0886. The number of hydrogen-bond donors (Lipinski definition) is 0. The van der Waals surface area contributed by atoms with E-state index in [1.807, 2.05) is 13.0 Å². The SMILES string of the molecule is CC(=O)C1(c2c(C)cccc2F)CC1. The summed E-state index contributed by atoms with van der Waals surface area (Å²) in [5.74, 6) is -0.150. The molecule has 1 aromatic rings. The van der Waals surface area contributed by atoms with E-state index in [-0.39, 0.29) is 11.6 Å². The predicted octanol–water partition coefficient (Wildman–Crippen LogP) is 2.75. The fourth-order valence-electron chi connectivity index (χ4n) is 2.14. The first-order valence-corrected chi connectivity index (χ1v) is 4.84. The molecule has 0 heterocycles. The van der Waals surface area contributed by atoms with Crippen LogP contribution < -0.4 is 0 Å². The average molecular weight is 192 g/mol. The zero-order valence-corrected chi connectivity index (χ0v) is 8.43. The van der Waals surface area contributed by atoms with Crippen LogP contribution in [0.15, 0.2) is 18.2 Å². The normalized spacial score (nSPS) is 17.9. The van der Waals surface area contributed by atoms with Gasteiger partial charge in [-0.05, 0) is 38.3 Å². The van der Waals surface area contributed by atoms with Gasteiger partial charge in [0.05, 0.1) is 5.41 Å². The molecule has 0 aliphatic heterocycles. The van der Waals surface area contributed by atoms with Crippen molar-refractivity contribution in [3.63, 3.8) is 0 Å². The quantitative estimate of drug-likeness (QED) is 0.704. The number of carbonyl (C=O) groups is 1. The van der Waals surface area contributed by atoms with Crippen molar-refractivity contribution in [3.8, 4) is 0 Å². The third kappa shape index (κ3) is 1.17. The maximum absolute atomic E-state index is 13.6. The third-order valence-corrected chi connectivity index (χ3v) is 3.12. The maximum atomic E-state index is 13.6. The number of Topliss-reactive ketones (excluding diaryl/α,β-unsaturated/α-hetero) is 1. The van der Waals surface area contributed by atoms with E-state index in [1.54, 1.807) is 13.0 Å². The Morgan fingerprint density at radius 1 is 1.43 bits per heavy atom. The van der Waals surface area contributed by atoms with Gasteiger partial charge < -0.3 is 0 Å². The van der Waals surface area contributed by atoms with Gasteiger partial charge in [0, 0.05) is 5.56 Å². The molecule has 1 aliphatic rings. The van der Waals surface area contributed by atoms with Crippen molar-refractivity contribution in [1.29, 1.82) is 0 Å². The van der Waals surface area contributed by atoms with Crippen LogP contribution in [-0.4, -0.2) is 5.78 Å². The Morgan fingerprint density at radius 2 is 2.07 bits per heavy atom. The summed E-state index contributed by atoms with van der Waals surface area (Å²) < 4.78 is 13.6. The molecule has 0 aromatic heterocycles. The monoisotopic (exact) mass is 192 g/mol. The van der Waals surface area contributed by atoms with Crippen molar-refractivity contribution >= 4 is 5.78 Å². The lowest BCUT2D eigenvalue weighted by Gasteiger charge is -2.15. The van der Waals surface area contributed by atoms with E-state index < -0.39 is 5.41 Å². The molecule has 14 heavy (non-hydrogen) atoms. The van der Waals surface area contributed by atoms with Gasteiger partial charge in [-0.15, -0.1) is 0 Å². The van der Waals surface area contributed by atoms with Gasteiger partial charge in [0.15, 0.2) is 0 Å². The van der Waals surface area contributed by atoms with Crippen LogP contribution in [-0.2, 0) is 10.2 Å². The lowest BCUT2D eigenvalue weighted by molar-refractivity contribution is -0.119. The van der Waals surface area contributed by atoms with Crippen molar-refractivity contribution in [2.45, 2.75) is 32.1 Å². The number of rotatable bonds is 2. The zero-order valence-electron chi connectivity index (χ0n) is 8.43. The summed E-state index contributed by atoms with van der Waals surface area (Å²) in [7, 11) is 0. The van der Waals surface area contributed by atoms with E-state index in [4.69, 9.17) is 0 Å². The molecule has 2 rings (SSSR count). The lowest BCUT2D eigenvalue weighted by Crippen LogP contribution is -2.20. The number of ketones is 1. The maximum Gasteiger partial charge on any atom is 0.140 e. The molecule has 0 saturated heterocycles. The first-order valence-electron chi connectivity index (χ1n) is 4.84. The van der Waals surface area contributed by atoms with E-state index in [1.165, 1.54) is 6.07 Å². The summed E-state index contributed by atoms with van der Waals surface area (Å²) in [6, 6.07) is 4.98. The number of halogens is 1. The number of hydrogen-bond acceptors (Lipinski definition) is 1. The highest BCUT2D eigenvalue weighted by Crippen LogP contribution is 2.50. The number of benzene rings is 1. The predicted molar refractivity (Wildman–Crippen MR) is 52.7 cm³/mol. The minimum atomic E-state index is -0.491. The lowest BCUT2D eigenvalue weighted by atomic mass is 9.88. The molecule has 0 amide bonds. The van der Waals surface area contributed by atoms with Crippen molar-refractivity contribution in [3.05, 3.63) is 35.1 Å². The van der Waals surface area contributed by atoms with Gasteiger partial charge in [-0.1, -0.05) is 12.1 Å². The van der Waals surface area contributed by atoms with Crippen molar-refractivity contribution < 1.29 is 9.18 Å². The minimum Gasteiger partial charge on any atom is -0.299 e. The average Bonchev–Trinajstić information content (AvgIpc) is 2.85. The molecular weight excluding hydrogens is 179 g/mol. The summed E-state index contributed by atoms with van der Waals surface area (Å²) in [6.45, 7) is 3.42. The van der Waals surface area contributed by atoms with E-state index >= 15 is 0 Å². The molecule has 0 unspecified atom stereocenters. The molecule has 2 heteroatoms. The molecule has 0 N–H and O–H groups in total. The highest BCUT2D eigenvalue weighted by molar-refractivity contribution is 5.91. The molecule has 0 atom stereocenters. The van der Waals surface area contributed by atoms with Crippen LogP contribution in [0.4, 0.5) is 4.39 Å². The second-order valence-corrected chi connectivity index (χ2v) is 4.07. The van der Waals surface area contributed by atoms with Crippen molar-refractivity contribution in [2.75, 3.05) is 0 Å². The molecule has 1 aromatic carbocycles. The van der Waals surface area contributed by atoms with Gasteiger partial charge in [-0.25, -0.2) is 4.39 Å². The molecule has 0 radical (unpaired) electrons. The largest absolute Gasteiger partial charge is 0.299 e. The molecule has 1 saturated carbocycles. The van der Waals surface area contributed by atoms with E-state index in [2.05, 4.69) is 0 Å². The van der Waals surface area contributed by atoms with Gasteiger partial charge >= 0.3 is 0 Å². The number of aryl methyl sites for hydroxylation is 1. The van der Waals surface area contributed by atoms with Gasteiger partial charge in [-0.3, -0.25) is 4.79 Å². The molecule has 1 nitrogen and oxygen atoms in total. The molecule has 0 spiro atoms. The van der Waals surface area contributed by atoms with Crippen LogP contribution in [0, 0.1) is 12.7 Å². The topological polar surface area (TPSA) is 17.1 Å². The molecule has 0 bridgehead atoms. The van der Waals surface area contributed by atoms with Crippen LogP contribution in [0.1, 0.15) is 30.9 Å². The molecule has 1 aliphatic carbocycles. The standard InChI is InChI=1S/C12H13FO/c1-8-4-3-5-10(13)11(8)12(6-7-12)9(2)14/h3-5H,6-7H2,1-2H3. The van der Waals surface area contributed by atoms with E-state index in [9.17, 15) is 9.18 Å². The Kier molecular flexibility index (Phi) is 1.95. The smallest absolute Gasteiger partial charge is 0.140 e. The highest BCUT2D eigenvalue weighted by Gasteiger charge is 2.50. The summed E-state index contributed by atoms with van der Waals surface area (Å²) >= 11 is 0.